The molecule has 100 valence electrons. The summed E-state index contributed by atoms with van der Waals surface area (Å²) in [4.78, 5) is 11.7. The van der Waals surface area contributed by atoms with Crippen LogP contribution in [0.25, 0.3) is 0 Å². The van der Waals surface area contributed by atoms with Crippen LogP contribution in [0.2, 0.25) is 0 Å². The largest absolute Gasteiger partial charge is 0.454 e. The van der Waals surface area contributed by atoms with Crippen molar-refractivity contribution >= 4 is 5.91 Å². The number of carbonyl (C=O) groups is 1. The maximum Gasteiger partial charge on any atom is 0.231 e. The van der Waals surface area contributed by atoms with Gasteiger partial charge in [-0.05, 0) is 23.6 Å². The molecule has 1 N–H and O–H groups in total. The Balaban J connectivity index is 2.10. The molecule has 0 bridgehead atoms. The summed E-state index contributed by atoms with van der Waals surface area (Å²) in [6.45, 7) is 4.11. The van der Waals surface area contributed by atoms with Crippen LogP contribution in [-0.2, 0) is 4.79 Å². The van der Waals surface area contributed by atoms with Gasteiger partial charge in [0.2, 0.25) is 12.7 Å². The summed E-state index contributed by atoms with van der Waals surface area (Å²) in [5.41, 5.74) is 0.698. The van der Waals surface area contributed by atoms with Gasteiger partial charge in [0, 0.05) is 6.42 Å². The molecule has 1 heterocycles. The highest BCUT2D eigenvalue weighted by atomic mass is 16.7. The molecule has 2 rings (SSSR count). The summed E-state index contributed by atoms with van der Waals surface area (Å²) < 4.78 is 10.5. The number of rotatable bonds is 4. The third-order valence-corrected chi connectivity index (χ3v) is 2.76. The molecule has 0 saturated carbocycles. The van der Waals surface area contributed by atoms with E-state index in [1.165, 1.54) is 0 Å². The zero-order chi connectivity index (χ0) is 13.8. The molecule has 0 saturated heterocycles. The summed E-state index contributed by atoms with van der Waals surface area (Å²) in [6.07, 6.45) is 0.405. The van der Waals surface area contributed by atoms with Gasteiger partial charge >= 0.3 is 0 Å². The number of fused-ring (bicyclic) bond motifs is 1. The maximum absolute atomic E-state index is 11.7. The first-order valence-corrected chi connectivity index (χ1v) is 6.18. The predicted molar refractivity (Wildman–Crippen MR) is 68.5 cm³/mol. The Morgan fingerprint density at radius 3 is 2.84 bits per heavy atom. The molecule has 1 aliphatic rings. The second kappa shape index (κ2) is 5.61. The van der Waals surface area contributed by atoms with Gasteiger partial charge in [0.25, 0.3) is 0 Å². The van der Waals surface area contributed by atoms with Crippen molar-refractivity contribution in [3.8, 4) is 17.6 Å². The van der Waals surface area contributed by atoms with Crippen molar-refractivity contribution in [1.82, 2.24) is 5.32 Å². The van der Waals surface area contributed by atoms with Gasteiger partial charge in [-0.15, -0.1) is 0 Å². The van der Waals surface area contributed by atoms with Gasteiger partial charge in [0.1, 0.15) is 6.04 Å². The van der Waals surface area contributed by atoms with Crippen molar-refractivity contribution in [3.05, 3.63) is 23.8 Å². The van der Waals surface area contributed by atoms with Crippen molar-refractivity contribution in [3.63, 3.8) is 0 Å². The summed E-state index contributed by atoms with van der Waals surface area (Å²) in [7, 11) is 0. The minimum absolute atomic E-state index is 0.126. The first kappa shape index (κ1) is 13.2. The van der Waals surface area contributed by atoms with Crippen LogP contribution in [0.15, 0.2) is 18.2 Å². The molecule has 1 aromatic carbocycles. The Hall–Kier alpha value is -2.22. The second-order valence-corrected chi connectivity index (χ2v) is 4.84. The van der Waals surface area contributed by atoms with Crippen molar-refractivity contribution in [2.75, 3.05) is 6.79 Å². The molecule has 1 atom stereocenters. The fourth-order valence-electron chi connectivity index (χ4n) is 1.87. The first-order chi connectivity index (χ1) is 9.10. The number of nitrogens with zero attached hydrogens (tertiary/aromatic N) is 1. The van der Waals surface area contributed by atoms with Gasteiger partial charge in [-0.2, -0.15) is 5.26 Å². The number of benzene rings is 1. The highest BCUT2D eigenvalue weighted by molar-refractivity contribution is 5.77. The fraction of sp³-hybridized carbons (Fsp3) is 0.429. The number of hydrogen-bond acceptors (Lipinski definition) is 4. The SMILES string of the molecule is CC(C)CC(=O)NC(C#N)c1ccc2c(c1)OCO2. The Kier molecular flexibility index (Phi) is 3.91. The molecule has 1 amide bonds. The van der Waals surface area contributed by atoms with Crippen LogP contribution >= 0.6 is 0 Å². The van der Waals surface area contributed by atoms with Crippen LogP contribution in [0.1, 0.15) is 31.9 Å². The Morgan fingerprint density at radius 1 is 1.42 bits per heavy atom. The van der Waals surface area contributed by atoms with Gasteiger partial charge in [-0.1, -0.05) is 19.9 Å². The number of carbonyl (C=O) groups excluding carboxylic acids is 1. The van der Waals surface area contributed by atoms with Gasteiger partial charge < -0.3 is 14.8 Å². The molecule has 0 spiro atoms. The van der Waals surface area contributed by atoms with Crippen molar-refractivity contribution in [2.45, 2.75) is 26.3 Å². The molecular formula is C14H16N2O3. The quantitative estimate of drug-likeness (QED) is 0.900. The number of nitriles is 1. The van der Waals surface area contributed by atoms with Gasteiger partial charge in [-0.25, -0.2) is 0 Å². The molecule has 1 aliphatic heterocycles. The van der Waals surface area contributed by atoms with E-state index >= 15 is 0 Å². The number of amides is 1. The average molecular weight is 260 g/mol. The third-order valence-electron chi connectivity index (χ3n) is 2.76. The Labute approximate surface area is 112 Å². The monoisotopic (exact) mass is 260 g/mol. The summed E-state index contributed by atoms with van der Waals surface area (Å²) in [5, 5.41) is 11.9. The van der Waals surface area contributed by atoms with E-state index in [1.807, 2.05) is 13.8 Å². The van der Waals surface area contributed by atoms with Gasteiger partial charge in [0.05, 0.1) is 6.07 Å². The Morgan fingerprint density at radius 2 is 2.16 bits per heavy atom. The van der Waals surface area contributed by atoms with Crippen molar-refractivity contribution in [2.24, 2.45) is 5.92 Å². The lowest BCUT2D eigenvalue weighted by Gasteiger charge is -2.13. The molecule has 0 aliphatic carbocycles. The average Bonchev–Trinajstić information content (AvgIpc) is 2.82. The fourth-order valence-corrected chi connectivity index (χ4v) is 1.87. The van der Waals surface area contributed by atoms with Crippen LogP contribution in [0, 0.1) is 17.2 Å². The van der Waals surface area contributed by atoms with Gasteiger partial charge in [0.15, 0.2) is 11.5 Å². The summed E-state index contributed by atoms with van der Waals surface area (Å²) in [5.74, 6) is 1.40. The highest BCUT2D eigenvalue weighted by Gasteiger charge is 2.19. The van der Waals surface area contributed by atoms with E-state index in [9.17, 15) is 10.1 Å². The molecule has 5 heteroatoms. The lowest BCUT2D eigenvalue weighted by Crippen LogP contribution is -2.28. The minimum Gasteiger partial charge on any atom is -0.454 e. The van der Waals surface area contributed by atoms with Crippen LogP contribution in [0.4, 0.5) is 0 Å². The summed E-state index contributed by atoms with van der Waals surface area (Å²) >= 11 is 0. The van der Waals surface area contributed by atoms with Crippen LogP contribution in [0.5, 0.6) is 11.5 Å². The van der Waals surface area contributed by atoms with Crippen LogP contribution < -0.4 is 14.8 Å². The lowest BCUT2D eigenvalue weighted by molar-refractivity contribution is -0.122. The smallest absolute Gasteiger partial charge is 0.231 e. The normalized spacial score (nSPS) is 14.0. The standard InChI is InChI=1S/C14H16N2O3/c1-9(2)5-14(17)16-11(7-15)10-3-4-12-13(6-10)19-8-18-12/h3-4,6,9,11H,5,8H2,1-2H3,(H,16,17). The molecular weight excluding hydrogens is 244 g/mol. The van der Waals surface area contributed by atoms with E-state index in [1.54, 1.807) is 18.2 Å². The van der Waals surface area contributed by atoms with E-state index in [-0.39, 0.29) is 18.6 Å². The molecule has 19 heavy (non-hydrogen) atoms. The van der Waals surface area contributed by atoms with E-state index < -0.39 is 6.04 Å². The third kappa shape index (κ3) is 3.16. The van der Waals surface area contributed by atoms with Crippen molar-refractivity contribution in [1.29, 1.82) is 5.26 Å². The number of nitrogens with one attached hydrogen (secondary N) is 1. The predicted octanol–water partition coefficient (Wildman–Crippen LogP) is 2.14. The molecule has 0 radical (unpaired) electrons. The Bertz CT molecular complexity index is 520. The second-order valence-electron chi connectivity index (χ2n) is 4.84. The lowest BCUT2D eigenvalue weighted by atomic mass is 10.1. The molecule has 5 nitrogen and oxygen atoms in total. The van der Waals surface area contributed by atoms with E-state index in [2.05, 4.69) is 11.4 Å². The van der Waals surface area contributed by atoms with Crippen LogP contribution in [0.3, 0.4) is 0 Å². The highest BCUT2D eigenvalue weighted by Crippen LogP contribution is 2.34. The topological polar surface area (TPSA) is 71.4 Å². The number of hydrogen-bond donors (Lipinski definition) is 1. The van der Waals surface area contributed by atoms with E-state index in [0.29, 0.717) is 23.5 Å². The molecule has 1 unspecified atom stereocenters. The molecule has 0 fully saturated rings. The zero-order valence-electron chi connectivity index (χ0n) is 11.0. The molecule has 1 aromatic rings. The van der Waals surface area contributed by atoms with Gasteiger partial charge in [-0.3, -0.25) is 4.79 Å². The molecule has 0 aromatic heterocycles. The first-order valence-electron chi connectivity index (χ1n) is 6.18. The van der Waals surface area contributed by atoms with E-state index in [4.69, 9.17) is 9.47 Å². The maximum atomic E-state index is 11.7. The zero-order valence-corrected chi connectivity index (χ0v) is 11.0. The summed E-state index contributed by atoms with van der Waals surface area (Å²) in [6, 6.07) is 6.66. The number of ether oxygens (including phenoxy) is 2. The van der Waals surface area contributed by atoms with E-state index in [0.717, 1.165) is 0 Å². The van der Waals surface area contributed by atoms with Crippen LogP contribution in [-0.4, -0.2) is 12.7 Å². The van der Waals surface area contributed by atoms with Crippen molar-refractivity contribution < 1.29 is 14.3 Å². The minimum atomic E-state index is -0.666.